The van der Waals surface area contributed by atoms with Crippen LogP contribution in [-0.2, 0) is 11.3 Å². The number of esters is 1. The standard InChI is InChI=1S/C18H18N2O4/c1-12-6-7-15(13(2)9-12)20-17(10-14(19-20)11-22-3)24-18(21)16-5-4-8-23-16/h4-10H,11H2,1-3H3. The molecule has 3 rings (SSSR count). The molecule has 6 heteroatoms. The van der Waals surface area contributed by atoms with Gasteiger partial charge < -0.3 is 13.9 Å². The Kier molecular flexibility index (Phi) is 4.48. The van der Waals surface area contributed by atoms with E-state index in [4.69, 9.17) is 13.9 Å². The smallest absolute Gasteiger partial charge is 0.380 e. The number of aromatic nitrogens is 2. The predicted molar refractivity (Wildman–Crippen MR) is 87.4 cm³/mol. The highest BCUT2D eigenvalue weighted by molar-refractivity contribution is 5.87. The van der Waals surface area contributed by atoms with Gasteiger partial charge in [-0.25, -0.2) is 4.79 Å². The number of rotatable bonds is 5. The maximum absolute atomic E-state index is 12.2. The molecule has 0 bridgehead atoms. The molecule has 0 fully saturated rings. The van der Waals surface area contributed by atoms with Crippen LogP contribution in [0.2, 0.25) is 0 Å². The topological polar surface area (TPSA) is 66.5 Å². The summed E-state index contributed by atoms with van der Waals surface area (Å²) in [6.07, 6.45) is 1.42. The molecule has 1 aromatic carbocycles. The van der Waals surface area contributed by atoms with Crippen LogP contribution in [0.3, 0.4) is 0 Å². The van der Waals surface area contributed by atoms with Crippen LogP contribution in [0, 0.1) is 13.8 Å². The highest BCUT2D eigenvalue weighted by Gasteiger charge is 2.18. The Hall–Kier alpha value is -2.86. The van der Waals surface area contributed by atoms with E-state index in [-0.39, 0.29) is 5.76 Å². The fraction of sp³-hybridized carbons (Fsp3) is 0.222. The number of hydrogen-bond donors (Lipinski definition) is 0. The molecule has 0 N–H and O–H groups in total. The zero-order valence-electron chi connectivity index (χ0n) is 13.8. The first-order valence-corrected chi connectivity index (χ1v) is 7.49. The summed E-state index contributed by atoms with van der Waals surface area (Å²) in [4.78, 5) is 12.2. The summed E-state index contributed by atoms with van der Waals surface area (Å²) in [5, 5.41) is 4.48. The number of carbonyl (C=O) groups excluding carboxylic acids is 1. The Labute approximate surface area is 139 Å². The van der Waals surface area contributed by atoms with Crippen molar-refractivity contribution < 1.29 is 18.7 Å². The first-order valence-electron chi connectivity index (χ1n) is 7.49. The summed E-state index contributed by atoms with van der Waals surface area (Å²) in [5.74, 6) is -0.123. The van der Waals surface area contributed by atoms with Gasteiger partial charge in [-0.3, -0.25) is 0 Å². The maximum atomic E-state index is 12.2. The fourth-order valence-electron chi connectivity index (χ4n) is 2.46. The first kappa shape index (κ1) is 16.0. The highest BCUT2D eigenvalue weighted by Crippen LogP contribution is 2.24. The summed E-state index contributed by atoms with van der Waals surface area (Å²) >= 11 is 0. The van der Waals surface area contributed by atoms with Crippen molar-refractivity contribution >= 4 is 5.97 Å². The van der Waals surface area contributed by atoms with Gasteiger partial charge in [0, 0.05) is 13.2 Å². The lowest BCUT2D eigenvalue weighted by atomic mass is 10.1. The lowest BCUT2D eigenvalue weighted by Gasteiger charge is -2.10. The van der Waals surface area contributed by atoms with Crippen LogP contribution in [0.1, 0.15) is 27.4 Å². The second-order valence-electron chi connectivity index (χ2n) is 5.48. The minimum absolute atomic E-state index is 0.136. The van der Waals surface area contributed by atoms with Crippen LogP contribution < -0.4 is 4.74 Å². The largest absolute Gasteiger partial charge is 0.457 e. The van der Waals surface area contributed by atoms with E-state index >= 15 is 0 Å². The summed E-state index contributed by atoms with van der Waals surface area (Å²) in [6.45, 7) is 4.33. The zero-order valence-corrected chi connectivity index (χ0v) is 13.8. The Morgan fingerprint density at radius 2 is 2.08 bits per heavy atom. The molecule has 0 saturated heterocycles. The van der Waals surface area contributed by atoms with E-state index in [0.29, 0.717) is 18.2 Å². The molecule has 6 nitrogen and oxygen atoms in total. The number of aryl methyl sites for hydroxylation is 2. The molecule has 2 heterocycles. The van der Waals surface area contributed by atoms with Crippen LogP contribution in [0.5, 0.6) is 5.88 Å². The molecule has 0 aliphatic carbocycles. The van der Waals surface area contributed by atoms with Crippen molar-refractivity contribution in [3.63, 3.8) is 0 Å². The first-order chi connectivity index (χ1) is 11.6. The van der Waals surface area contributed by atoms with Gasteiger partial charge in [-0.1, -0.05) is 17.7 Å². The molecule has 0 spiro atoms. The van der Waals surface area contributed by atoms with Gasteiger partial charge >= 0.3 is 5.97 Å². The van der Waals surface area contributed by atoms with Crippen molar-refractivity contribution in [3.8, 4) is 11.6 Å². The minimum atomic E-state index is -0.574. The SMILES string of the molecule is COCc1cc(OC(=O)c2ccco2)n(-c2ccc(C)cc2C)n1. The molecule has 0 amide bonds. The predicted octanol–water partition coefficient (Wildman–Crippen LogP) is 3.45. The molecule has 0 atom stereocenters. The Morgan fingerprint density at radius 3 is 2.75 bits per heavy atom. The van der Waals surface area contributed by atoms with Crippen molar-refractivity contribution in [1.82, 2.24) is 9.78 Å². The number of methoxy groups -OCH3 is 1. The summed E-state index contributed by atoms with van der Waals surface area (Å²) in [5.41, 5.74) is 3.68. The van der Waals surface area contributed by atoms with Gasteiger partial charge in [-0.2, -0.15) is 9.78 Å². The molecule has 0 aliphatic rings. The Balaban J connectivity index is 1.99. The van der Waals surface area contributed by atoms with Gasteiger partial charge in [0.25, 0.3) is 0 Å². The highest BCUT2D eigenvalue weighted by atomic mass is 16.6. The third-order valence-electron chi connectivity index (χ3n) is 3.52. The number of furan rings is 1. The van der Waals surface area contributed by atoms with Crippen LogP contribution in [0.15, 0.2) is 47.1 Å². The summed E-state index contributed by atoms with van der Waals surface area (Å²) < 4.78 is 17.3. The van der Waals surface area contributed by atoms with Crippen LogP contribution in [0.25, 0.3) is 5.69 Å². The van der Waals surface area contributed by atoms with Crippen LogP contribution in [-0.4, -0.2) is 22.9 Å². The van der Waals surface area contributed by atoms with Crippen molar-refractivity contribution in [2.45, 2.75) is 20.5 Å². The van der Waals surface area contributed by atoms with Crippen LogP contribution in [0.4, 0.5) is 0 Å². The summed E-state index contributed by atoms with van der Waals surface area (Å²) in [7, 11) is 1.59. The third kappa shape index (κ3) is 3.23. The molecule has 0 unspecified atom stereocenters. The second-order valence-corrected chi connectivity index (χ2v) is 5.48. The number of carbonyl (C=O) groups is 1. The Bertz CT molecular complexity index is 850. The zero-order chi connectivity index (χ0) is 17.1. The number of benzene rings is 1. The van der Waals surface area contributed by atoms with Crippen LogP contribution >= 0.6 is 0 Å². The van der Waals surface area contributed by atoms with E-state index in [1.165, 1.54) is 6.26 Å². The molecule has 0 radical (unpaired) electrons. The lowest BCUT2D eigenvalue weighted by molar-refractivity contribution is 0.0689. The number of ether oxygens (including phenoxy) is 2. The van der Waals surface area contributed by atoms with Crippen molar-refractivity contribution in [2.24, 2.45) is 0 Å². The average molecular weight is 326 g/mol. The molecule has 124 valence electrons. The van der Waals surface area contributed by atoms with E-state index in [9.17, 15) is 4.79 Å². The molecule has 2 aromatic heterocycles. The van der Waals surface area contributed by atoms with E-state index in [1.807, 2.05) is 32.0 Å². The van der Waals surface area contributed by atoms with Gasteiger partial charge in [-0.15, -0.1) is 0 Å². The third-order valence-corrected chi connectivity index (χ3v) is 3.52. The second kappa shape index (κ2) is 6.72. The molecule has 0 aliphatic heterocycles. The van der Waals surface area contributed by atoms with Gasteiger partial charge in [0.15, 0.2) is 0 Å². The number of hydrogen-bond acceptors (Lipinski definition) is 5. The van der Waals surface area contributed by atoms with E-state index in [2.05, 4.69) is 5.10 Å². The molecule has 0 saturated carbocycles. The molecule has 24 heavy (non-hydrogen) atoms. The normalized spacial score (nSPS) is 10.8. The average Bonchev–Trinajstić information content (AvgIpc) is 3.18. The van der Waals surface area contributed by atoms with E-state index < -0.39 is 5.97 Å². The van der Waals surface area contributed by atoms with Crippen molar-refractivity contribution in [3.05, 3.63) is 65.2 Å². The molecular formula is C18H18N2O4. The van der Waals surface area contributed by atoms with Gasteiger partial charge in [0.05, 0.1) is 24.3 Å². The van der Waals surface area contributed by atoms with E-state index in [0.717, 1.165) is 16.8 Å². The van der Waals surface area contributed by atoms with Gasteiger partial charge in [-0.05, 0) is 37.6 Å². The summed E-state index contributed by atoms with van der Waals surface area (Å²) in [6, 6.07) is 10.8. The Morgan fingerprint density at radius 1 is 1.25 bits per heavy atom. The van der Waals surface area contributed by atoms with Crippen molar-refractivity contribution in [2.75, 3.05) is 7.11 Å². The number of nitrogens with zero attached hydrogens (tertiary/aromatic N) is 2. The van der Waals surface area contributed by atoms with E-state index in [1.54, 1.807) is 30.0 Å². The van der Waals surface area contributed by atoms with Gasteiger partial charge in [0.1, 0.15) is 0 Å². The maximum Gasteiger partial charge on any atom is 0.380 e. The minimum Gasteiger partial charge on any atom is -0.457 e. The monoisotopic (exact) mass is 326 g/mol. The molecular weight excluding hydrogens is 308 g/mol. The van der Waals surface area contributed by atoms with Gasteiger partial charge in [0.2, 0.25) is 11.6 Å². The fourth-order valence-corrected chi connectivity index (χ4v) is 2.46. The lowest BCUT2D eigenvalue weighted by Crippen LogP contribution is -2.11. The van der Waals surface area contributed by atoms with Crippen molar-refractivity contribution in [1.29, 1.82) is 0 Å². The molecule has 3 aromatic rings. The quantitative estimate of drug-likeness (QED) is 0.672.